The lowest BCUT2D eigenvalue weighted by molar-refractivity contribution is -0.158. The minimum Gasteiger partial charge on any atom is -0.479 e. The van der Waals surface area contributed by atoms with Gasteiger partial charge in [-0.3, -0.25) is 14.5 Å². The SMILES string of the molecule is CC(=O)Cc1ccc2c(c1)CC(C(=O)O)(C(=O)O)N2C(C)=O. The lowest BCUT2D eigenvalue weighted by Crippen LogP contribution is -2.60. The highest BCUT2D eigenvalue weighted by molar-refractivity contribution is 6.16. The maximum atomic E-state index is 11.8. The summed E-state index contributed by atoms with van der Waals surface area (Å²) in [4.78, 5) is 47.0. The first kappa shape index (κ1) is 15.7. The summed E-state index contributed by atoms with van der Waals surface area (Å²) in [6, 6.07) is 4.67. The molecule has 1 aromatic rings. The number of Topliss-reactive ketones (excluding diaryl/α,β-unsaturated/α-hetero) is 1. The fourth-order valence-corrected chi connectivity index (χ4v) is 2.83. The van der Waals surface area contributed by atoms with E-state index in [2.05, 4.69) is 0 Å². The monoisotopic (exact) mass is 305 g/mol. The summed E-state index contributed by atoms with van der Waals surface area (Å²) < 4.78 is 0. The van der Waals surface area contributed by atoms with Crippen molar-refractivity contribution in [1.29, 1.82) is 0 Å². The number of fused-ring (bicyclic) bond motifs is 1. The maximum Gasteiger partial charge on any atom is 0.342 e. The highest BCUT2D eigenvalue weighted by Crippen LogP contribution is 2.40. The topological polar surface area (TPSA) is 112 Å². The molecule has 0 fully saturated rings. The zero-order chi connectivity index (χ0) is 16.7. The fraction of sp³-hybridized carbons (Fsp3) is 0.333. The van der Waals surface area contributed by atoms with Crippen LogP contribution in [-0.2, 0) is 32.0 Å². The first-order valence-corrected chi connectivity index (χ1v) is 6.59. The van der Waals surface area contributed by atoms with E-state index in [1.165, 1.54) is 13.0 Å². The molecule has 116 valence electrons. The molecule has 2 rings (SSSR count). The largest absolute Gasteiger partial charge is 0.479 e. The van der Waals surface area contributed by atoms with Gasteiger partial charge in [0.2, 0.25) is 11.4 Å². The summed E-state index contributed by atoms with van der Waals surface area (Å²) in [5.41, 5.74) is -1.01. The number of anilines is 1. The molecule has 1 aliphatic heterocycles. The average molecular weight is 305 g/mol. The highest BCUT2D eigenvalue weighted by atomic mass is 16.4. The molecule has 0 saturated heterocycles. The molecule has 0 aromatic heterocycles. The third-order valence-corrected chi connectivity index (χ3v) is 3.69. The molecule has 0 bridgehead atoms. The molecular weight excluding hydrogens is 290 g/mol. The maximum absolute atomic E-state index is 11.8. The van der Waals surface area contributed by atoms with Crippen LogP contribution in [0.2, 0.25) is 0 Å². The molecule has 1 heterocycles. The molecular formula is C15H15NO6. The summed E-state index contributed by atoms with van der Waals surface area (Å²) >= 11 is 0. The van der Waals surface area contributed by atoms with Crippen molar-refractivity contribution in [3.05, 3.63) is 29.3 Å². The van der Waals surface area contributed by atoms with E-state index in [1.807, 2.05) is 0 Å². The molecule has 2 N–H and O–H groups in total. The quantitative estimate of drug-likeness (QED) is 0.789. The molecule has 7 nitrogen and oxygen atoms in total. The number of nitrogens with zero attached hydrogens (tertiary/aromatic N) is 1. The van der Waals surface area contributed by atoms with Crippen molar-refractivity contribution in [2.45, 2.75) is 32.2 Å². The lowest BCUT2D eigenvalue weighted by atomic mass is 9.93. The van der Waals surface area contributed by atoms with E-state index in [4.69, 9.17) is 0 Å². The Morgan fingerprint density at radius 2 is 1.73 bits per heavy atom. The van der Waals surface area contributed by atoms with Crippen LogP contribution in [0.5, 0.6) is 0 Å². The molecule has 1 aromatic carbocycles. The fourth-order valence-electron chi connectivity index (χ4n) is 2.83. The molecule has 0 spiro atoms. The number of hydrogen-bond donors (Lipinski definition) is 2. The van der Waals surface area contributed by atoms with E-state index in [-0.39, 0.29) is 24.3 Å². The smallest absolute Gasteiger partial charge is 0.342 e. The van der Waals surface area contributed by atoms with E-state index in [9.17, 15) is 29.4 Å². The second-order valence-electron chi connectivity index (χ2n) is 5.34. The van der Waals surface area contributed by atoms with E-state index >= 15 is 0 Å². The minimum absolute atomic E-state index is 0.0656. The van der Waals surface area contributed by atoms with Crippen molar-refractivity contribution in [2.24, 2.45) is 0 Å². The Bertz CT molecular complexity index is 679. The van der Waals surface area contributed by atoms with Crippen LogP contribution < -0.4 is 4.90 Å². The van der Waals surface area contributed by atoms with Crippen LogP contribution in [0.25, 0.3) is 0 Å². The molecule has 1 aliphatic rings. The Labute approximate surface area is 126 Å². The van der Waals surface area contributed by atoms with Gasteiger partial charge in [0, 0.05) is 25.5 Å². The van der Waals surface area contributed by atoms with Crippen molar-refractivity contribution in [1.82, 2.24) is 0 Å². The highest BCUT2D eigenvalue weighted by Gasteiger charge is 2.58. The summed E-state index contributed by atoms with van der Waals surface area (Å²) in [6.45, 7) is 2.55. The van der Waals surface area contributed by atoms with E-state index in [0.29, 0.717) is 11.1 Å². The van der Waals surface area contributed by atoms with Gasteiger partial charge < -0.3 is 10.2 Å². The first-order valence-electron chi connectivity index (χ1n) is 6.59. The number of aliphatic carboxylic acids is 2. The minimum atomic E-state index is -2.34. The number of carboxylic acid groups (broad SMARTS) is 2. The lowest BCUT2D eigenvalue weighted by Gasteiger charge is -2.30. The van der Waals surface area contributed by atoms with Gasteiger partial charge in [0.25, 0.3) is 0 Å². The number of carbonyl (C=O) groups excluding carboxylic acids is 2. The van der Waals surface area contributed by atoms with Gasteiger partial charge in [-0.25, -0.2) is 9.59 Å². The Balaban J connectivity index is 2.60. The third kappa shape index (κ3) is 2.24. The zero-order valence-electron chi connectivity index (χ0n) is 12.1. The normalized spacial score (nSPS) is 15.3. The van der Waals surface area contributed by atoms with Gasteiger partial charge in [-0.05, 0) is 24.1 Å². The number of ketones is 1. The zero-order valence-corrected chi connectivity index (χ0v) is 12.1. The van der Waals surface area contributed by atoms with Crippen molar-refractivity contribution >= 4 is 29.3 Å². The summed E-state index contributed by atoms with van der Waals surface area (Å²) in [5, 5.41) is 18.8. The van der Waals surface area contributed by atoms with Gasteiger partial charge in [0.1, 0.15) is 5.78 Å². The molecule has 0 unspecified atom stereocenters. The van der Waals surface area contributed by atoms with Crippen molar-refractivity contribution in [3.63, 3.8) is 0 Å². The Kier molecular flexibility index (Phi) is 3.74. The van der Waals surface area contributed by atoms with Gasteiger partial charge in [0.05, 0.1) is 0 Å². The molecule has 0 saturated carbocycles. The summed E-state index contributed by atoms with van der Waals surface area (Å²) in [5.74, 6) is -3.92. The first-order chi connectivity index (χ1) is 10.2. The molecule has 0 aliphatic carbocycles. The summed E-state index contributed by atoms with van der Waals surface area (Å²) in [7, 11) is 0. The van der Waals surface area contributed by atoms with Crippen LogP contribution in [0.3, 0.4) is 0 Å². The number of benzene rings is 1. The van der Waals surface area contributed by atoms with Gasteiger partial charge in [0.15, 0.2) is 0 Å². The van der Waals surface area contributed by atoms with E-state index in [1.54, 1.807) is 12.1 Å². The standard InChI is InChI=1S/C15H15NO6/c1-8(17)5-10-3-4-12-11(6-10)7-15(13(19)20,14(21)22)16(12)9(2)18/h3-4,6H,5,7H2,1-2H3,(H,19,20)(H,21,22). The van der Waals surface area contributed by atoms with Crippen molar-refractivity contribution < 1.29 is 29.4 Å². The van der Waals surface area contributed by atoms with Crippen LogP contribution in [0, 0.1) is 0 Å². The number of amides is 1. The van der Waals surface area contributed by atoms with Crippen LogP contribution in [0.15, 0.2) is 18.2 Å². The summed E-state index contributed by atoms with van der Waals surface area (Å²) in [6.07, 6.45) is -0.168. The van der Waals surface area contributed by atoms with Gasteiger partial charge in [-0.1, -0.05) is 12.1 Å². The Morgan fingerprint density at radius 3 is 2.18 bits per heavy atom. The predicted molar refractivity (Wildman–Crippen MR) is 75.7 cm³/mol. The second-order valence-corrected chi connectivity index (χ2v) is 5.34. The third-order valence-electron chi connectivity index (χ3n) is 3.69. The Hall–Kier alpha value is -2.70. The van der Waals surface area contributed by atoms with Crippen molar-refractivity contribution in [2.75, 3.05) is 4.90 Å². The van der Waals surface area contributed by atoms with Crippen LogP contribution >= 0.6 is 0 Å². The van der Waals surface area contributed by atoms with Gasteiger partial charge in [-0.2, -0.15) is 0 Å². The number of hydrogen-bond acceptors (Lipinski definition) is 4. The molecule has 1 amide bonds. The van der Waals surface area contributed by atoms with Gasteiger partial charge >= 0.3 is 11.9 Å². The molecule has 0 atom stereocenters. The number of carbonyl (C=O) groups is 4. The molecule has 22 heavy (non-hydrogen) atoms. The number of carboxylic acids is 2. The molecule has 7 heteroatoms. The van der Waals surface area contributed by atoms with Gasteiger partial charge in [-0.15, -0.1) is 0 Å². The molecule has 0 radical (unpaired) electrons. The second kappa shape index (κ2) is 5.25. The van der Waals surface area contributed by atoms with E-state index in [0.717, 1.165) is 11.8 Å². The van der Waals surface area contributed by atoms with E-state index < -0.39 is 23.4 Å². The Morgan fingerprint density at radius 1 is 1.14 bits per heavy atom. The van der Waals surface area contributed by atoms with Crippen LogP contribution in [-0.4, -0.2) is 39.4 Å². The van der Waals surface area contributed by atoms with Crippen molar-refractivity contribution in [3.8, 4) is 0 Å². The number of rotatable bonds is 4. The predicted octanol–water partition coefficient (Wildman–Crippen LogP) is 0.635. The van der Waals surface area contributed by atoms with Crippen LogP contribution in [0.4, 0.5) is 5.69 Å². The van der Waals surface area contributed by atoms with Crippen LogP contribution in [0.1, 0.15) is 25.0 Å². The average Bonchev–Trinajstić information content (AvgIpc) is 2.73.